The SMILES string of the molecule is Cc1ccc(C(C)C)c(OCC(=O)NC2CCOc3ccc(Cl)cc32)c1. The van der Waals surface area contributed by atoms with E-state index in [1.807, 2.05) is 25.1 Å². The largest absolute Gasteiger partial charge is 0.493 e. The van der Waals surface area contributed by atoms with Gasteiger partial charge in [0.1, 0.15) is 11.5 Å². The van der Waals surface area contributed by atoms with Crippen molar-refractivity contribution in [1.82, 2.24) is 5.32 Å². The standard InChI is InChI=1S/C21H24ClNO3/c1-13(2)16-6-4-14(3)10-20(16)26-12-21(24)23-18-8-9-25-19-7-5-15(22)11-17(18)19/h4-7,10-11,13,18H,8-9,12H2,1-3H3,(H,23,24). The van der Waals surface area contributed by atoms with Crippen LogP contribution < -0.4 is 14.8 Å². The smallest absolute Gasteiger partial charge is 0.258 e. The highest BCUT2D eigenvalue weighted by molar-refractivity contribution is 6.30. The van der Waals surface area contributed by atoms with E-state index in [-0.39, 0.29) is 18.6 Å². The highest BCUT2D eigenvalue weighted by Crippen LogP contribution is 2.34. The van der Waals surface area contributed by atoms with Crippen molar-refractivity contribution < 1.29 is 14.3 Å². The summed E-state index contributed by atoms with van der Waals surface area (Å²) in [6.07, 6.45) is 0.709. The minimum atomic E-state index is -0.154. The molecule has 1 heterocycles. The molecule has 1 unspecified atom stereocenters. The normalized spacial score (nSPS) is 16.0. The van der Waals surface area contributed by atoms with E-state index in [9.17, 15) is 4.79 Å². The molecule has 1 amide bonds. The van der Waals surface area contributed by atoms with Crippen LogP contribution in [0.5, 0.6) is 11.5 Å². The van der Waals surface area contributed by atoms with Crippen LogP contribution in [-0.4, -0.2) is 19.1 Å². The molecule has 1 aliphatic rings. The number of fused-ring (bicyclic) bond motifs is 1. The molecule has 0 bridgehead atoms. The van der Waals surface area contributed by atoms with Crippen LogP contribution in [0.15, 0.2) is 36.4 Å². The lowest BCUT2D eigenvalue weighted by molar-refractivity contribution is -0.124. The van der Waals surface area contributed by atoms with Gasteiger partial charge in [-0.05, 0) is 48.2 Å². The Morgan fingerprint density at radius 1 is 1.31 bits per heavy atom. The van der Waals surface area contributed by atoms with Gasteiger partial charge >= 0.3 is 0 Å². The molecule has 0 radical (unpaired) electrons. The number of amides is 1. The van der Waals surface area contributed by atoms with E-state index in [0.717, 1.165) is 28.2 Å². The van der Waals surface area contributed by atoms with Crippen molar-refractivity contribution in [2.75, 3.05) is 13.2 Å². The first kappa shape index (κ1) is 18.6. The van der Waals surface area contributed by atoms with Gasteiger partial charge in [-0.25, -0.2) is 0 Å². The summed E-state index contributed by atoms with van der Waals surface area (Å²) in [5.74, 6) is 1.72. The van der Waals surface area contributed by atoms with E-state index in [2.05, 4.69) is 31.3 Å². The van der Waals surface area contributed by atoms with E-state index in [1.54, 1.807) is 6.07 Å². The predicted molar refractivity (Wildman–Crippen MR) is 103 cm³/mol. The molecule has 1 atom stereocenters. The monoisotopic (exact) mass is 373 g/mol. The summed E-state index contributed by atoms with van der Waals surface area (Å²) < 4.78 is 11.5. The van der Waals surface area contributed by atoms with E-state index in [1.165, 1.54) is 0 Å². The van der Waals surface area contributed by atoms with Crippen LogP contribution in [0.1, 0.15) is 48.9 Å². The fourth-order valence-electron chi connectivity index (χ4n) is 3.14. The van der Waals surface area contributed by atoms with Crippen molar-refractivity contribution in [3.63, 3.8) is 0 Å². The molecule has 2 aromatic rings. The molecule has 26 heavy (non-hydrogen) atoms. The zero-order valence-electron chi connectivity index (χ0n) is 15.3. The quantitative estimate of drug-likeness (QED) is 0.819. The molecule has 1 aliphatic heterocycles. The summed E-state index contributed by atoms with van der Waals surface area (Å²) in [5, 5.41) is 3.66. The molecule has 2 aromatic carbocycles. The first-order valence-electron chi connectivity index (χ1n) is 8.89. The molecule has 1 N–H and O–H groups in total. The van der Waals surface area contributed by atoms with Gasteiger partial charge in [-0.2, -0.15) is 0 Å². The number of hydrogen-bond donors (Lipinski definition) is 1. The number of carbonyl (C=O) groups excluding carboxylic acids is 1. The number of carbonyl (C=O) groups is 1. The molecule has 0 fully saturated rings. The number of nitrogens with one attached hydrogen (secondary N) is 1. The van der Waals surface area contributed by atoms with Gasteiger partial charge in [0.25, 0.3) is 5.91 Å². The Balaban J connectivity index is 1.66. The average Bonchev–Trinajstić information content (AvgIpc) is 2.60. The molecule has 4 nitrogen and oxygen atoms in total. The summed E-state index contributed by atoms with van der Waals surface area (Å²) >= 11 is 6.09. The fraction of sp³-hybridized carbons (Fsp3) is 0.381. The van der Waals surface area contributed by atoms with Gasteiger partial charge in [0.15, 0.2) is 6.61 Å². The van der Waals surface area contributed by atoms with Gasteiger partial charge in [0.05, 0.1) is 12.6 Å². The second kappa shape index (κ2) is 8.00. The third kappa shape index (κ3) is 4.31. The van der Waals surface area contributed by atoms with Gasteiger partial charge in [-0.1, -0.05) is 37.6 Å². The van der Waals surface area contributed by atoms with Crippen LogP contribution >= 0.6 is 11.6 Å². The zero-order chi connectivity index (χ0) is 18.7. The molecular formula is C21H24ClNO3. The molecule has 0 saturated carbocycles. The molecule has 138 valence electrons. The molecule has 5 heteroatoms. The van der Waals surface area contributed by atoms with Crippen LogP contribution in [0.25, 0.3) is 0 Å². The molecule has 3 rings (SSSR count). The number of aryl methyl sites for hydroxylation is 1. The van der Waals surface area contributed by atoms with Crippen LogP contribution in [-0.2, 0) is 4.79 Å². The molecule has 0 aliphatic carbocycles. The second-order valence-electron chi connectivity index (χ2n) is 6.92. The van der Waals surface area contributed by atoms with E-state index in [0.29, 0.717) is 24.0 Å². The highest BCUT2D eigenvalue weighted by Gasteiger charge is 2.23. The number of halogens is 1. The maximum absolute atomic E-state index is 12.4. The predicted octanol–water partition coefficient (Wildman–Crippen LogP) is 4.79. The molecule has 0 aromatic heterocycles. The maximum atomic E-state index is 12.4. The molecule has 0 saturated heterocycles. The van der Waals surface area contributed by atoms with Crippen LogP contribution in [0.2, 0.25) is 5.02 Å². The highest BCUT2D eigenvalue weighted by atomic mass is 35.5. The van der Waals surface area contributed by atoms with Gasteiger partial charge in [-0.3, -0.25) is 4.79 Å². The first-order valence-corrected chi connectivity index (χ1v) is 9.27. The Morgan fingerprint density at radius 3 is 2.88 bits per heavy atom. The van der Waals surface area contributed by atoms with E-state index < -0.39 is 0 Å². The first-order chi connectivity index (χ1) is 12.4. The average molecular weight is 374 g/mol. The number of benzene rings is 2. The van der Waals surface area contributed by atoms with Crippen molar-refractivity contribution in [2.24, 2.45) is 0 Å². The summed E-state index contributed by atoms with van der Waals surface area (Å²) in [4.78, 5) is 12.4. The van der Waals surface area contributed by atoms with Crippen LogP contribution in [0, 0.1) is 6.92 Å². The minimum Gasteiger partial charge on any atom is -0.493 e. The van der Waals surface area contributed by atoms with Gasteiger partial charge in [0.2, 0.25) is 0 Å². The Labute approximate surface area is 159 Å². The third-order valence-electron chi connectivity index (χ3n) is 4.50. The summed E-state index contributed by atoms with van der Waals surface area (Å²) in [5.41, 5.74) is 3.12. The van der Waals surface area contributed by atoms with Gasteiger partial charge < -0.3 is 14.8 Å². The summed E-state index contributed by atoms with van der Waals surface area (Å²) in [6, 6.07) is 11.5. The Morgan fingerprint density at radius 2 is 2.12 bits per heavy atom. The Kier molecular flexibility index (Phi) is 5.72. The van der Waals surface area contributed by atoms with Crippen molar-refractivity contribution in [2.45, 2.75) is 39.2 Å². The van der Waals surface area contributed by atoms with Crippen LogP contribution in [0.4, 0.5) is 0 Å². The molecular weight excluding hydrogens is 350 g/mol. The zero-order valence-corrected chi connectivity index (χ0v) is 16.1. The van der Waals surface area contributed by atoms with Gasteiger partial charge in [-0.15, -0.1) is 0 Å². The lowest BCUT2D eigenvalue weighted by Gasteiger charge is -2.27. The van der Waals surface area contributed by atoms with E-state index in [4.69, 9.17) is 21.1 Å². The fourth-order valence-corrected chi connectivity index (χ4v) is 3.32. The van der Waals surface area contributed by atoms with Crippen LogP contribution in [0.3, 0.4) is 0 Å². The van der Waals surface area contributed by atoms with Crippen molar-refractivity contribution in [3.8, 4) is 11.5 Å². The van der Waals surface area contributed by atoms with Crippen molar-refractivity contribution in [1.29, 1.82) is 0 Å². The lowest BCUT2D eigenvalue weighted by Crippen LogP contribution is -2.35. The molecule has 0 spiro atoms. The van der Waals surface area contributed by atoms with Crippen molar-refractivity contribution in [3.05, 3.63) is 58.1 Å². The summed E-state index contributed by atoms with van der Waals surface area (Å²) in [6.45, 7) is 6.78. The topological polar surface area (TPSA) is 47.6 Å². The Bertz CT molecular complexity index is 804. The minimum absolute atomic E-state index is 0.0174. The van der Waals surface area contributed by atoms with E-state index >= 15 is 0 Å². The third-order valence-corrected chi connectivity index (χ3v) is 4.73. The number of rotatable bonds is 5. The Hall–Kier alpha value is -2.20. The van der Waals surface area contributed by atoms with Crippen molar-refractivity contribution >= 4 is 17.5 Å². The lowest BCUT2D eigenvalue weighted by atomic mass is 10.0. The maximum Gasteiger partial charge on any atom is 0.258 e. The van der Waals surface area contributed by atoms with Gasteiger partial charge in [0, 0.05) is 17.0 Å². The second-order valence-corrected chi connectivity index (χ2v) is 7.36. The number of hydrogen-bond acceptors (Lipinski definition) is 3. The summed E-state index contributed by atoms with van der Waals surface area (Å²) in [7, 11) is 0. The number of ether oxygens (including phenoxy) is 2.